The lowest BCUT2D eigenvalue weighted by atomic mass is 9.99. The van der Waals surface area contributed by atoms with E-state index in [1.54, 1.807) is 0 Å². The molecule has 194 valence electrons. The van der Waals surface area contributed by atoms with Crippen LogP contribution in [-0.4, -0.2) is 53.5 Å². The second kappa shape index (κ2) is 12.2. The molecular weight excluding hydrogens is 478 g/mol. The first-order chi connectivity index (χ1) is 18.3. The SMILES string of the molecule is CN(CC(=O)O)C(=O)[C@H](Cc1ccc2ccccc2c1)NC(=O)[C@@H](N)Cc1ccc(-c2ccccc2)cc1. The lowest BCUT2D eigenvalue weighted by molar-refractivity contribution is -0.144. The molecule has 0 radical (unpaired) electrons. The van der Waals surface area contributed by atoms with Gasteiger partial charge in [-0.1, -0.05) is 97.1 Å². The number of likely N-dealkylation sites (N-methyl/N-ethyl adjacent to an activating group) is 1. The minimum Gasteiger partial charge on any atom is -0.480 e. The molecular formula is C31H31N3O4. The standard InChI is InChI=1S/C31H31N3O4/c1-34(20-29(35)36)31(38)28(19-22-13-16-24-9-5-6-10-26(24)17-22)33-30(37)27(32)18-21-11-14-25(15-12-21)23-7-3-2-4-8-23/h2-17,27-28H,18-20,32H2,1H3,(H,33,37)(H,35,36)/t27-,28-/m0/s1. The van der Waals surface area contributed by atoms with E-state index in [1.807, 2.05) is 97.1 Å². The van der Waals surface area contributed by atoms with Crippen LogP contribution in [0.3, 0.4) is 0 Å². The zero-order valence-electron chi connectivity index (χ0n) is 21.2. The van der Waals surface area contributed by atoms with Crippen LogP contribution in [0.5, 0.6) is 0 Å². The van der Waals surface area contributed by atoms with Crippen LogP contribution in [0, 0.1) is 0 Å². The molecule has 0 unspecified atom stereocenters. The van der Waals surface area contributed by atoms with Crippen LogP contribution in [0.1, 0.15) is 11.1 Å². The Hall–Kier alpha value is -4.49. The Balaban J connectivity index is 1.47. The molecule has 0 aliphatic rings. The number of carbonyl (C=O) groups excluding carboxylic acids is 2. The molecule has 0 saturated heterocycles. The number of hydrogen-bond donors (Lipinski definition) is 3. The van der Waals surface area contributed by atoms with Gasteiger partial charge >= 0.3 is 5.97 Å². The van der Waals surface area contributed by atoms with Crippen molar-refractivity contribution >= 4 is 28.6 Å². The van der Waals surface area contributed by atoms with Gasteiger partial charge in [-0.3, -0.25) is 14.4 Å². The van der Waals surface area contributed by atoms with Crippen molar-refractivity contribution in [1.29, 1.82) is 0 Å². The number of carbonyl (C=O) groups is 3. The molecule has 4 aromatic carbocycles. The van der Waals surface area contributed by atoms with E-state index in [-0.39, 0.29) is 6.42 Å². The quantitative estimate of drug-likeness (QED) is 0.302. The Morgan fingerprint density at radius 1 is 0.789 bits per heavy atom. The summed E-state index contributed by atoms with van der Waals surface area (Å²) in [6.07, 6.45) is 0.501. The van der Waals surface area contributed by atoms with Crippen molar-refractivity contribution < 1.29 is 19.5 Å². The smallest absolute Gasteiger partial charge is 0.323 e. The molecule has 0 aliphatic carbocycles. The topological polar surface area (TPSA) is 113 Å². The molecule has 0 spiro atoms. The van der Waals surface area contributed by atoms with Crippen LogP contribution in [0.15, 0.2) is 97.1 Å². The summed E-state index contributed by atoms with van der Waals surface area (Å²) < 4.78 is 0. The van der Waals surface area contributed by atoms with Crippen molar-refractivity contribution in [1.82, 2.24) is 10.2 Å². The van der Waals surface area contributed by atoms with Crippen molar-refractivity contribution in [3.8, 4) is 11.1 Å². The number of rotatable bonds is 10. The number of aliphatic carboxylic acids is 1. The molecule has 38 heavy (non-hydrogen) atoms. The number of nitrogens with zero attached hydrogens (tertiary/aromatic N) is 1. The average Bonchev–Trinajstić information content (AvgIpc) is 2.92. The Bertz CT molecular complexity index is 1420. The molecule has 0 aromatic heterocycles. The van der Waals surface area contributed by atoms with Gasteiger partial charge in [0.15, 0.2) is 0 Å². The molecule has 4 rings (SSSR count). The summed E-state index contributed by atoms with van der Waals surface area (Å²) in [7, 11) is 1.41. The molecule has 7 heteroatoms. The highest BCUT2D eigenvalue weighted by Gasteiger charge is 2.27. The van der Waals surface area contributed by atoms with E-state index in [4.69, 9.17) is 10.8 Å². The van der Waals surface area contributed by atoms with E-state index in [9.17, 15) is 14.4 Å². The highest BCUT2D eigenvalue weighted by Crippen LogP contribution is 2.20. The summed E-state index contributed by atoms with van der Waals surface area (Å²) in [6, 6.07) is 29.7. The average molecular weight is 510 g/mol. The van der Waals surface area contributed by atoms with Crippen molar-refractivity contribution in [2.45, 2.75) is 24.9 Å². The highest BCUT2D eigenvalue weighted by molar-refractivity contribution is 5.91. The zero-order valence-corrected chi connectivity index (χ0v) is 21.2. The molecule has 4 N–H and O–H groups in total. The Morgan fingerprint density at radius 2 is 1.39 bits per heavy atom. The third-order valence-corrected chi connectivity index (χ3v) is 6.47. The minimum absolute atomic E-state index is 0.206. The van der Waals surface area contributed by atoms with Gasteiger partial charge in [0, 0.05) is 13.5 Å². The number of hydrogen-bond acceptors (Lipinski definition) is 4. The van der Waals surface area contributed by atoms with Crippen LogP contribution in [0.2, 0.25) is 0 Å². The summed E-state index contributed by atoms with van der Waals surface area (Å²) in [5.74, 6) is -2.10. The highest BCUT2D eigenvalue weighted by atomic mass is 16.4. The second-order valence-corrected chi connectivity index (χ2v) is 9.41. The van der Waals surface area contributed by atoms with Crippen LogP contribution >= 0.6 is 0 Å². The normalized spacial score (nSPS) is 12.5. The van der Waals surface area contributed by atoms with Gasteiger partial charge < -0.3 is 21.1 Å². The summed E-state index contributed by atoms with van der Waals surface area (Å²) >= 11 is 0. The molecule has 0 fully saturated rings. The molecule has 0 aliphatic heterocycles. The Kier molecular flexibility index (Phi) is 8.51. The van der Waals surface area contributed by atoms with E-state index in [0.29, 0.717) is 6.42 Å². The molecule has 7 nitrogen and oxygen atoms in total. The fourth-order valence-electron chi connectivity index (χ4n) is 4.44. The van der Waals surface area contributed by atoms with E-state index in [1.165, 1.54) is 7.05 Å². The van der Waals surface area contributed by atoms with E-state index < -0.39 is 36.4 Å². The fourth-order valence-corrected chi connectivity index (χ4v) is 4.44. The van der Waals surface area contributed by atoms with Gasteiger partial charge in [-0.2, -0.15) is 0 Å². The molecule has 4 aromatic rings. The van der Waals surface area contributed by atoms with E-state index >= 15 is 0 Å². The maximum Gasteiger partial charge on any atom is 0.323 e. The monoisotopic (exact) mass is 509 g/mol. The minimum atomic E-state index is -1.13. The van der Waals surface area contributed by atoms with Gasteiger partial charge in [0.25, 0.3) is 0 Å². The molecule has 2 atom stereocenters. The number of benzene rings is 4. The molecule has 0 bridgehead atoms. The van der Waals surface area contributed by atoms with E-state index in [2.05, 4.69) is 5.32 Å². The van der Waals surface area contributed by atoms with Gasteiger partial charge in [0.1, 0.15) is 12.6 Å². The zero-order chi connectivity index (χ0) is 27.1. The maximum atomic E-state index is 13.1. The maximum absolute atomic E-state index is 13.1. The number of carboxylic acid groups (broad SMARTS) is 1. The Morgan fingerprint density at radius 3 is 2.08 bits per heavy atom. The predicted molar refractivity (Wildman–Crippen MR) is 148 cm³/mol. The third kappa shape index (κ3) is 6.83. The predicted octanol–water partition coefficient (Wildman–Crippen LogP) is 3.65. The number of nitrogens with one attached hydrogen (secondary N) is 1. The van der Waals surface area contributed by atoms with Crippen LogP contribution in [0.25, 0.3) is 21.9 Å². The third-order valence-electron chi connectivity index (χ3n) is 6.47. The molecule has 2 amide bonds. The summed E-state index contributed by atoms with van der Waals surface area (Å²) in [6.45, 7) is -0.470. The van der Waals surface area contributed by atoms with Crippen molar-refractivity contribution in [3.05, 3.63) is 108 Å². The summed E-state index contributed by atoms with van der Waals surface area (Å²) in [5.41, 5.74) is 10.1. The lowest BCUT2D eigenvalue weighted by Gasteiger charge is -2.25. The van der Waals surface area contributed by atoms with Gasteiger partial charge in [0.05, 0.1) is 6.04 Å². The number of fused-ring (bicyclic) bond motifs is 1. The van der Waals surface area contributed by atoms with Gasteiger partial charge in [-0.25, -0.2) is 0 Å². The van der Waals surface area contributed by atoms with Crippen molar-refractivity contribution in [2.24, 2.45) is 5.73 Å². The van der Waals surface area contributed by atoms with Crippen LogP contribution < -0.4 is 11.1 Å². The van der Waals surface area contributed by atoms with Gasteiger partial charge in [0.2, 0.25) is 11.8 Å². The first-order valence-electron chi connectivity index (χ1n) is 12.4. The van der Waals surface area contributed by atoms with Gasteiger partial charge in [-0.15, -0.1) is 0 Å². The van der Waals surface area contributed by atoms with Crippen LogP contribution in [-0.2, 0) is 27.2 Å². The fraction of sp³-hybridized carbons (Fsp3) is 0.194. The molecule has 0 heterocycles. The van der Waals surface area contributed by atoms with E-state index in [0.717, 1.165) is 37.9 Å². The Labute approximate surface area is 221 Å². The number of carboxylic acids is 1. The summed E-state index contributed by atoms with van der Waals surface area (Å²) in [4.78, 5) is 38.5. The van der Waals surface area contributed by atoms with Crippen LogP contribution in [0.4, 0.5) is 0 Å². The largest absolute Gasteiger partial charge is 0.480 e. The van der Waals surface area contributed by atoms with Crippen molar-refractivity contribution in [3.63, 3.8) is 0 Å². The first kappa shape index (κ1) is 26.6. The second-order valence-electron chi connectivity index (χ2n) is 9.41. The van der Waals surface area contributed by atoms with Gasteiger partial charge in [-0.05, 0) is 39.4 Å². The lowest BCUT2D eigenvalue weighted by Crippen LogP contribution is -2.53. The number of amides is 2. The first-order valence-corrected chi connectivity index (χ1v) is 12.4. The molecule has 0 saturated carbocycles. The van der Waals surface area contributed by atoms with Crippen molar-refractivity contribution in [2.75, 3.05) is 13.6 Å². The number of nitrogens with two attached hydrogens (primary N) is 1. The summed E-state index contributed by atoms with van der Waals surface area (Å²) in [5, 5.41) is 14.0.